The zero-order chi connectivity index (χ0) is 13.1. The van der Waals surface area contributed by atoms with Crippen molar-refractivity contribution in [3.8, 4) is 0 Å². The molecule has 3 N–H and O–H groups in total. The van der Waals surface area contributed by atoms with E-state index in [1.165, 1.54) is 4.90 Å². The topological polar surface area (TPSA) is 88.3 Å². The zero-order valence-electron chi connectivity index (χ0n) is 10.2. The highest BCUT2D eigenvalue weighted by Gasteiger charge is 2.37. The van der Waals surface area contributed by atoms with Gasteiger partial charge in [-0.15, -0.1) is 0 Å². The zero-order valence-corrected chi connectivity index (χ0v) is 10.2. The van der Waals surface area contributed by atoms with Crippen LogP contribution < -0.4 is 11.1 Å². The largest absolute Gasteiger partial charge is 0.383 e. The summed E-state index contributed by atoms with van der Waals surface area (Å²) in [6, 6.07) is 2.73. The minimum Gasteiger partial charge on any atom is -0.383 e. The number of nitrogen functional groups attached to an aromatic ring is 1. The van der Waals surface area contributed by atoms with Crippen molar-refractivity contribution in [1.29, 1.82) is 0 Å². The summed E-state index contributed by atoms with van der Waals surface area (Å²) in [6.07, 6.45) is 3.08. The molecule has 1 aliphatic rings. The van der Waals surface area contributed by atoms with Gasteiger partial charge in [0.25, 0.3) is 5.91 Å². The number of imide groups is 1. The van der Waals surface area contributed by atoms with E-state index in [1.54, 1.807) is 18.3 Å². The van der Waals surface area contributed by atoms with Gasteiger partial charge in [-0.2, -0.15) is 0 Å². The van der Waals surface area contributed by atoms with Crippen LogP contribution in [0.1, 0.15) is 25.3 Å². The summed E-state index contributed by atoms with van der Waals surface area (Å²) in [7, 11) is 0. The predicted octanol–water partition coefficient (Wildman–Crippen LogP) is 0.884. The van der Waals surface area contributed by atoms with Crippen molar-refractivity contribution >= 4 is 17.8 Å². The minimum atomic E-state index is -0.402. The molecule has 0 spiro atoms. The number of aromatic nitrogens is 1. The molecule has 0 saturated carbocycles. The molecular weight excluding hydrogens is 232 g/mol. The molecule has 1 aromatic rings. The molecule has 0 bridgehead atoms. The normalized spacial score (nSPS) is 19.2. The van der Waals surface area contributed by atoms with E-state index in [9.17, 15) is 9.59 Å². The van der Waals surface area contributed by atoms with Gasteiger partial charge in [-0.1, -0.05) is 19.4 Å². The van der Waals surface area contributed by atoms with Crippen LogP contribution in [0, 0.1) is 0 Å². The third kappa shape index (κ3) is 2.27. The van der Waals surface area contributed by atoms with E-state index in [1.807, 2.05) is 6.92 Å². The Balaban J connectivity index is 2.12. The first-order valence-corrected chi connectivity index (χ1v) is 5.94. The number of hydrogen-bond acceptors (Lipinski definition) is 4. The number of urea groups is 1. The monoisotopic (exact) mass is 248 g/mol. The van der Waals surface area contributed by atoms with Crippen molar-refractivity contribution in [3.05, 3.63) is 23.9 Å². The molecule has 1 saturated heterocycles. The third-order valence-electron chi connectivity index (χ3n) is 2.94. The van der Waals surface area contributed by atoms with Crippen LogP contribution in [-0.4, -0.2) is 27.9 Å². The number of nitrogens with one attached hydrogen (secondary N) is 1. The average Bonchev–Trinajstić information content (AvgIpc) is 2.60. The van der Waals surface area contributed by atoms with Crippen LogP contribution >= 0.6 is 0 Å². The van der Waals surface area contributed by atoms with Crippen molar-refractivity contribution < 1.29 is 9.59 Å². The number of anilines is 1. The van der Waals surface area contributed by atoms with E-state index < -0.39 is 6.04 Å². The standard InChI is InChI=1S/C12H16N4O2/c1-2-4-9-11(17)16(12(18)15-9)7-8-5-3-6-14-10(8)13/h3,5-6,9H,2,4,7H2,1H3,(H2,13,14)(H,15,18). The molecule has 6 heteroatoms. The number of carbonyl (C=O) groups excluding carboxylic acids is 2. The summed E-state index contributed by atoms with van der Waals surface area (Å²) in [5.74, 6) is 0.155. The molecule has 2 rings (SSSR count). The fourth-order valence-corrected chi connectivity index (χ4v) is 1.97. The Hall–Kier alpha value is -2.11. The van der Waals surface area contributed by atoms with E-state index in [0.717, 1.165) is 6.42 Å². The molecule has 1 unspecified atom stereocenters. The molecule has 2 heterocycles. The summed E-state index contributed by atoms with van der Waals surface area (Å²) in [5, 5.41) is 2.67. The Morgan fingerprint density at radius 3 is 2.94 bits per heavy atom. The summed E-state index contributed by atoms with van der Waals surface area (Å²) >= 11 is 0. The number of nitrogens with two attached hydrogens (primary N) is 1. The molecule has 18 heavy (non-hydrogen) atoms. The van der Waals surface area contributed by atoms with E-state index in [2.05, 4.69) is 10.3 Å². The van der Waals surface area contributed by atoms with Gasteiger partial charge in [0, 0.05) is 11.8 Å². The highest BCUT2D eigenvalue weighted by atomic mass is 16.2. The van der Waals surface area contributed by atoms with Crippen LogP contribution in [0.25, 0.3) is 0 Å². The molecule has 1 aliphatic heterocycles. The maximum absolute atomic E-state index is 12.0. The molecule has 1 atom stereocenters. The number of hydrogen-bond donors (Lipinski definition) is 2. The van der Waals surface area contributed by atoms with Crippen LogP contribution in [0.3, 0.4) is 0 Å². The van der Waals surface area contributed by atoms with Gasteiger partial charge in [0.05, 0.1) is 6.54 Å². The quantitative estimate of drug-likeness (QED) is 0.774. The Kier molecular flexibility index (Phi) is 3.45. The maximum atomic E-state index is 12.0. The van der Waals surface area contributed by atoms with Crippen molar-refractivity contribution in [3.63, 3.8) is 0 Å². The van der Waals surface area contributed by atoms with E-state index in [-0.39, 0.29) is 18.5 Å². The summed E-state index contributed by atoms with van der Waals surface area (Å²) in [6.45, 7) is 2.14. The Morgan fingerprint density at radius 2 is 2.28 bits per heavy atom. The molecule has 1 fully saturated rings. The van der Waals surface area contributed by atoms with Gasteiger partial charge in [0.15, 0.2) is 0 Å². The second kappa shape index (κ2) is 5.03. The van der Waals surface area contributed by atoms with E-state index >= 15 is 0 Å². The van der Waals surface area contributed by atoms with Gasteiger partial charge in [0.1, 0.15) is 11.9 Å². The Morgan fingerprint density at radius 1 is 1.50 bits per heavy atom. The summed E-state index contributed by atoms with van der Waals surface area (Å²) in [4.78, 5) is 28.8. The second-order valence-corrected chi connectivity index (χ2v) is 4.26. The van der Waals surface area contributed by atoms with Crippen molar-refractivity contribution in [2.24, 2.45) is 0 Å². The van der Waals surface area contributed by atoms with Gasteiger partial charge in [-0.05, 0) is 12.5 Å². The molecule has 1 aromatic heterocycles. The molecule has 0 radical (unpaired) electrons. The van der Waals surface area contributed by atoms with Gasteiger partial charge in [-0.3, -0.25) is 9.69 Å². The smallest absolute Gasteiger partial charge is 0.325 e. The summed E-state index contributed by atoms with van der Waals surface area (Å²) in [5.41, 5.74) is 6.38. The first-order valence-electron chi connectivity index (χ1n) is 5.94. The van der Waals surface area contributed by atoms with Crippen molar-refractivity contribution in [2.45, 2.75) is 32.4 Å². The molecular formula is C12H16N4O2. The molecule has 6 nitrogen and oxygen atoms in total. The van der Waals surface area contributed by atoms with Gasteiger partial charge in [-0.25, -0.2) is 9.78 Å². The lowest BCUT2D eigenvalue weighted by atomic mass is 10.1. The van der Waals surface area contributed by atoms with Crippen LogP contribution in [0.15, 0.2) is 18.3 Å². The number of rotatable bonds is 4. The van der Waals surface area contributed by atoms with Crippen LogP contribution in [-0.2, 0) is 11.3 Å². The van der Waals surface area contributed by atoms with E-state index in [0.29, 0.717) is 17.8 Å². The molecule has 96 valence electrons. The summed E-state index contributed by atoms with van der Waals surface area (Å²) < 4.78 is 0. The van der Waals surface area contributed by atoms with Crippen LogP contribution in [0.4, 0.5) is 10.6 Å². The molecule has 3 amide bonds. The highest BCUT2D eigenvalue weighted by molar-refractivity contribution is 6.04. The van der Waals surface area contributed by atoms with E-state index in [4.69, 9.17) is 5.73 Å². The SMILES string of the molecule is CCCC1NC(=O)N(Cc2cccnc2N)C1=O. The lowest BCUT2D eigenvalue weighted by Crippen LogP contribution is -2.31. The van der Waals surface area contributed by atoms with Gasteiger partial charge < -0.3 is 11.1 Å². The Labute approximate surface area is 105 Å². The second-order valence-electron chi connectivity index (χ2n) is 4.26. The molecule has 0 aliphatic carbocycles. The van der Waals surface area contributed by atoms with Crippen LogP contribution in [0.5, 0.6) is 0 Å². The average molecular weight is 248 g/mol. The highest BCUT2D eigenvalue weighted by Crippen LogP contribution is 2.17. The lowest BCUT2D eigenvalue weighted by molar-refractivity contribution is -0.128. The number of nitrogens with zero attached hydrogens (tertiary/aromatic N) is 2. The fraction of sp³-hybridized carbons (Fsp3) is 0.417. The first kappa shape index (κ1) is 12.3. The number of pyridine rings is 1. The van der Waals surface area contributed by atoms with Crippen LogP contribution in [0.2, 0.25) is 0 Å². The van der Waals surface area contributed by atoms with Crippen molar-refractivity contribution in [1.82, 2.24) is 15.2 Å². The van der Waals surface area contributed by atoms with Gasteiger partial charge >= 0.3 is 6.03 Å². The maximum Gasteiger partial charge on any atom is 0.325 e. The number of carbonyl (C=O) groups is 2. The predicted molar refractivity (Wildman–Crippen MR) is 66.4 cm³/mol. The molecule has 0 aromatic carbocycles. The van der Waals surface area contributed by atoms with Crippen molar-refractivity contribution in [2.75, 3.05) is 5.73 Å². The lowest BCUT2D eigenvalue weighted by Gasteiger charge is -2.13. The fourth-order valence-electron chi connectivity index (χ4n) is 1.97. The Bertz CT molecular complexity index is 475. The third-order valence-corrected chi connectivity index (χ3v) is 2.94. The number of amides is 3. The first-order chi connectivity index (χ1) is 8.63. The van der Waals surface area contributed by atoms with Gasteiger partial charge in [0.2, 0.25) is 0 Å². The minimum absolute atomic E-state index is 0.171.